The number of hydrogen-bond donors (Lipinski definition) is 1. The van der Waals surface area contributed by atoms with E-state index in [1.54, 1.807) is 0 Å². The van der Waals surface area contributed by atoms with Crippen LogP contribution in [0.15, 0.2) is 42.5 Å². The molecule has 1 N–H and O–H groups in total. The van der Waals surface area contributed by atoms with Gasteiger partial charge in [0.15, 0.2) is 11.5 Å². The molecule has 3 nitrogen and oxygen atoms in total. The Hall–Kier alpha value is -2.00. The Morgan fingerprint density at radius 3 is 2.67 bits per heavy atom. The Morgan fingerprint density at radius 2 is 1.81 bits per heavy atom. The third kappa shape index (κ3) is 3.76. The van der Waals surface area contributed by atoms with Crippen molar-refractivity contribution in [2.45, 2.75) is 19.9 Å². The standard InChI is InChI=1S/C18H21NO2/c1-14-3-2-4-16(11-14)13-19-8-7-15-5-6-17-18(12-15)21-10-9-20-17/h2-6,11-12,19H,7-10,13H2,1H3. The van der Waals surface area contributed by atoms with Gasteiger partial charge < -0.3 is 14.8 Å². The van der Waals surface area contributed by atoms with Gasteiger partial charge in [-0.25, -0.2) is 0 Å². The van der Waals surface area contributed by atoms with Gasteiger partial charge in [-0.15, -0.1) is 0 Å². The van der Waals surface area contributed by atoms with Crippen molar-refractivity contribution < 1.29 is 9.47 Å². The third-order valence-corrected chi connectivity index (χ3v) is 3.61. The summed E-state index contributed by atoms with van der Waals surface area (Å²) >= 11 is 0. The predicted octanol–water partition coefficient (Wildman–Crippen LogP) is 3.10. The van der Waals surface area contributed by atoms with Crippen LogP contribution in [0.2, 0.25) is 0 Å². The summed E-state index contributed by atoms with van der Waals surface area (Å²) in [7, 11) is 0. The number of fused-ring (bicyclic) bond motifs is 1. The van der Waals surface area contributed by atoms with E-state index in [1.807, 2.05) is 6.07 Å². The van der Waals surface area contributed by atoms with Crippen molar-refractivity contribution in [3.63, 3.8) is 0 Å². The summed E-state index contributed by atoms with van der Waals surface area (Å²) in [6, 6.07) is 14.8. The van der Waals surface area contributed by atoms with Gasteiger partial charge in [-0.1, -0.05) is 35.9 Å². The molecule has 0 spiro atoms. The maximum Gasteiger partial charge on any atom is 0.161 e. The minimum Gasteiger partial charge on any atom is -0.486 e. The van der Waals surface area contributed by atoms with Crippen LogP contribution in [-0.4, -0.2) is 19.8 Å². The topological polar surface area (TPSA) is 30.5 Å². The smallest absolute Gasteiger partial charge is 0.161 e. The summed E-state index contributed by atoms with van der Waals surface area (Å²) in [6.07, 6.45) is 0.989. The van der Waals surface area contributed by atoms with Crippen LogP contribution in [0.3, 0.4) is 0 Å². The molecular weight excluding hydrogens is 262 g/mol. The van der Waals surface area contributed by atoms with Gasteiger partial charge in [0.05, 0.1) is 0 Å². The van der Waals surface area contributed by atoms with E-state index >= 15 is 0 Å². The summed E-state index contributed by atoms with van der Waals surface area (Å²) < 4.78 is 11.1. The van der Waals surface area contributed by atoms with Crippen LogP contribution in [0.4, 0.5) is 0 Å². The number of ether oxygens (including phenoxy) is 2. The SMILES string of the molecule is Cc1cccc(CNCCc2ccc3c(c2)OCCO3)c1. The minimum absolute atomic E-state index is 0.641. The molecular formula is C18H21NO2. The van der Waals surface area contributed by atoms with Crippen molar-refractivity contribution in [2.24, 2.45) is 0 Å². The molecule has 2 aromatic carbocycles. The van der Waals surface area contributed by atoms with E-state index in [1.165, 1.54) is 16.7 Å². The fourth-order valence-corrected chi connectivity index (χ4v) is 2.53. The van der Waals surface area contributed by atoms with Crippen molar-refractivity contribution in [1.29, 1.82) is 0 Å². The highest BCUT2D eigenvalue weighted by Gasteiger charge is 2.11. The molecule has 2 aromatic rings. The molecule has 1 aliphatic heterocycles. The lowest BCUT2D eigenvalue weighted by Gasteiger charge is -2.18. The van der Waals surface area contributed by atoms with E-state index in [-0.39, 0.29) is 0 Å². The lowest BCUT2D eigenvalue weighted by molar-refractivity contribution is 0.171. The van der Waals surface area contributed by atoms with Gasteiger partial charge in [-0.05, 0) is 43.1 Å². The fraction of sp³-hybridized carbons (Fsp3) is 0.333. The van der Waals surface area contributed by atoms with E-state index in [9.17, 15) is 0 Å². The van der Waals surface area contributed by atoms with Crippen molar-refractivity contribution in [3.05, 3.63) is 59.2 Å². The van der Waals surface area contributed by atoms with Crippen LogP contribution in [0.1, 0.15) is 16.7 Å². The maximum absolute atomic E-state index is 5.61. The molecule has 0 aromatic heterocycles. The Morgan fingerprint density at radius 1 is 0.952 bits per heavy atom. The normalized spacial score (nSPS) is 13.2. The molecule has 1 heterocycles. The van der Waals surface area contributed by atoms with Crippen molar-refractivity contribution in [1.82, 2.24) is 5.32 Å². The first-order valence-electron chi connectivity index (χ1n) is 7.46. The molecule has 3 rings (SSSR count). The van der Waals surface area contributed by atoms with Crippen molar-refractivity contribution in [2.75, 3.05) is 19.8 Å². The van der Waals surface area contributed by atoms with E-state index in [2.05, 4.69) is 48.6 Å². The first kappa shape index (κ1) is 14.0. The van der Waals surface area contributed by atoms with Crippen LogP contribution in [0.5, 0.6) is 11.5 Å². The Kier molecular flexibility index (Phi) is 4.41. The van der Waals surface area contributed by atoms with Crippen LogP contribution >= 0.6 is 0 Å². The van der Waals surface area contributed by atoms with Gasteiger partial charge >= 0.3 is 0 Å². The summed E-state index contributed by atoms with van der Waals surface area (Å²) in [5.41, 5.74) is 3.91. The average Bonchev–Trinajstić information content (AvgIpc) is 2.51. The zero-order valence-corrected chi connectivity index (χ0v) is 12.4. The first-order chi connectivity index (χ1) is 10.3. The summed E-state index contributed by atoms with van der Waals surface area (Å²) in [5.74, 6) is 1.73. The molecule has 0 fully saturated rings. The van der Waals surface area contributed by atoms with Crippen LogP contribution in [-0.2, 0) is 13.0 Å². The average molecular weight is 283 g/mol. The molecule has 0 saturated heterocycles. The Balaban J connectivity index is 1.49. The molecule has 0 saturated carbocycles. The number of aryl methyl sites for hydroxylation is 1. The number of benzene rings is 2. The van der Waals surface area contributed by atoms with Gasteiger partial charge in [0, 0.05) is 6.54 Å². The first-order valence-corrected chi connectivity index (χ1v) is 7.46. The van der Waals surface area contributed by atoms with Gasteiger partial charge in [0.2, 0.25) is 0 Å². The number of nitrogens with one attached hydrogen (secondary N) is 1. The largest absolute Gasteiger partial charge is 0.486 e. The zero-order valence-electron chi connectivity index (χ0n) is 12.4. The van der Waals surface area contributed by atoms with Crippen LogP contribution in [0, 0.1) is 6.92 Å². The van der Waals surface area contributed by atoms with E-state index in [0.717, 1.165) is 31.0 Å². The molecule has 21 heavy (non-hydrogen) atoms. The monoisotopic (exact) mass is 283 g/mol. The highest BCUT2D eigenvalue weighted by molar-refractivity contribution is 5.43. The number of rotatable bonds is 5. The number of hydrogen-bond acceptors (Lipinski definition) is 3. The molecule has 110 valence electrons. The second kappa shape index (κ2) is 6.64. The molecule has 1 aliphatic rings. The van der Waals surface area contributed by atoms with Crippen LogP contribution in [0.25, 0.3) is 0 Å². The van der Waals surface area contributed by atoms with Crippen molar-refractivity contribution in [3.8, 4) is 11.5 Å². The second-order valence-electron chi connectivity index (χ2n) is 5.39. The third-order valence-electron chi connectivity index (χ3n) is 3.61. The van der Waals surface area contributed by atoms with E-state index in [0.29, 0.717) is 13.2 Å². The molecule has 0 aliphatic carbocycles. The highest BCUT2D eigenvalue weighted by atomic mass is 16.6. The van der Waals surface area contributed by atoms with Crippen molar-refractivity contribution >= 4 is 0 Å². The van der Waals surface area contributed by atoms with Gasteiger partial charge in [-0.2, -0.15) is 0 Å². The molecule has 0 atom stereocenters. The quantitative estimate of drug-likeness (QED) is 0.855. The van der Waals surface area contributed by atoms with E-state index < -0.39 is 0 Å². The maximum atomic E-state index is 5.61. The fourth-order valence-electron chi connectivity index (χ4n) is 2.53. The summed E-state index contributed by atoms with van der Waals surface area (Å²) in [5, 5.41) is 3.49. The minimum atomic E-state index is 0.641. The van der Waals surface area contributed by atoms with Gasteiger partial charge in [-0.3, -0.25) is 0 Å². The predicted molar refractivity (Wildman–Crippen MR) is 84.0 cm³/mol. The lowest BCUT2D eigenvalue weighted by Crippen LogP contribution is -2.18. The Labute approximate surface area is 125 Å². The lowest BCUT2D eigenvalue weighted by atomic mass is 10.1. The highest BCUT2D eigenvalue weighted by Crippen LogP contribution is 2.30. The zero-order chi connectivity index (χ0) is 14.5. The Bertz CT molecular complexity index is 610. The molecule has 0 amide bonds. The molecule has 0 bridgehead atoms. The van der Waals surface area contributed by atoms with E-state index in [4.69, 9.17) is 9.47 Å². The molecule has 0 radical (unpaired) electrons. The molecule has 0 unspecified atom stereocenters. The summed E-state index contributed by atoms with van der Waals surface area (Å²) in [4.78, 5) is 0. The second-order valence-corrected chi connectivity index (χ2v) is 5.39. The summed E-state index contributed by atoms with van der Waals surface area (Å²) in [6.45, 7) is 5.27. The van der Waals surface area contributed by atoms with Crippen LogP contribution < -0.4 is 14.8 Å². The van der Waals surface area contributed by atoms with Gasteiger partial charge in [0.25, 0.3) is 0 Å². The molecule has 3 heteroatoms. The van der Waals surface area contributed by atoms with Gasteiger partial charge in [0.1, 0.15) is 13.2 Å².